The molecule has 1 saturated carbocycles. The summed E-state index contributed by atoms with van der Waals surface area (Å²) in [5.74, 6) is 1.57. The quantitative estimate of drug-likeness (QED) is 0.741. The fourth-order valence-electron chi connectivity index (χ4n) is 3.33. The number of imidazole rings is 1. The molecule has 2 aromatic rings. The van der Waals surface area contributed by atoms with Gasteiger partial charge in [0.25, 0.3) is 0 Å². The van der Waals surface area contributed by atoms with Crippen molar-refractivity contribution in [3.63, 3.8) is 0 Å². The van der Waals surface area contributed by atoms with Crippen LogP contribution < -0.4 is 10.6 Å². The fourth-order valence-corrected chi connectivity index (χ4v) is 3.33. The SMILES string of the molecule is C[C@H]1CCCC[C@@H]1NC(=O)NCCCc1nc2ccccc2[nH]1. The maximum absolute atomic E-state index is 12.0. The minimum absolute atomic E-state index is 0.0339. The van der Waals surface area contributed by atoms with E-state index >= 15 is 0 Å². The van der Waals surface area contributed by atoms with Crippen LogP contribution in [0, 0.1) is 5.92 Å². The molecule has 23 heavy (non-hydrogen) atoms. The largest absolute Gasteiger partial charge is 0.342 e. The van der Waals surface area contributed by atoms with Crippen molar-refractivity contribution in [3.8, 4) is 0 Å². The van der Waals surface area contributed by atoms with E-state index < -0.39 is 0 Å². The molecule has 1 aromatic heterocycles. The normalized spacial score (nSPS) is 21.3. The van der Waals surface area contributed by atoms with Gasteiger partial charge in [-0.25, -0.2) is 9.78 Å². The van der Waals surface area contributed by atoms with Crippen molar-refractivity contribution in [2.45, 2.75) is 51.5 Å². The minimum atomic E-state index is -0.0339. The molecular formula is C18H26N4O. The summed E-state index contributed by atoms with van der Waals surface area (Å²) in [6.07, 6.45) is 6.56. The van der Waals surface area contributed by atoms with E-state index in [0.717, 1.165) is 36.1 Å². The molecule has 3 N–H and O–H groups in total. The summed E-state index contributed by atoms with van der Waals surface area (Å²) in [7, 11) is 0. The Balaban J connectivity index is 1.38. The van der Waals surface area contributed by atoms with E-state index in [2.05, 4.69) is 27.5 Å². The third-order valence-electron chi connectivity index (χ3n) is 4.74. The number of fused-ring (bicyclic) bond motifs is 1. The van der Waals surface area contributed by atoms with Crippen LogP contribution in [0.25, 0.3) is 11.0 Å². The minimum Gasteiger partial charge on any atom is -0.342 e. The van der Waals surface area contributed by atoms with Crippen molar-refractivity contribution in [1.29, 1.82) is 0 Å². The Morgan fingerprint density at radius 3 is 2.96 bits per heavy atom. The van der Waals surface area contributed by atoms with Crippen molar-refractivity contribution in [2.24, 2.45) is 5.92 Å². The molecule has 0 aliphatic heterocycles. The number of para-hydroxylation sites is 2. The first kappa shape index (κ1) is 15.8. The summed E-state index contributed by atoms with van der Waals surface area (Å²) in [4.78, 5) is 19.8. The first-order chi connectivity index (χ1) is 11.2. The standard InChI is InChI=1S/C18H26N4O/c1-13-7-2-3-8-14(13)22-18(23)19-12-6-11-17-20-15-9-4-5-10-16(15)21-17/h4-5,9-10,13-14H,2-3,6-8,11-12H2,1H3,(H,20,21)(H2,19,22,23)/t13-,14-/m0/s1. The van der Waals surface area contributed by atoms with E-state index in [4.69, 9.17) is 0 Å². The van der Waals surface area contributed by atoms with E-state index in [-0.39, 0.29) is 6.03 Å². The molecule has 1 aliphatic rings. The van der Waals surface area contributed by atoms with Gasteiger partial charge in [-0.3, -0.25) is 0 Å². The molecule has 0 unspecified atom stereocenters. The molecule has 2 amide bonds. The smallest absolute Gasteiger partial charge is 0.315 e. The van der Waals surface area contributed by atoms with E-state index in [0.29, 0.717) is 18.5 Å². The van der Waals surface area contributed by atoms with Crippen LogP contribution in [0.3, 0.4) is 0 Å². The van der Waals surface area contributed by atoms with Gasteiger partial charge in [-0.05, 0) is 37.3 Å². The Hall–Kier alpha value is -2.04. The van der Waals surface area contributed by atoms with Crippen molar-refractivity contribution < 1.29 is 4.79 Å². The van der Waals surface area contributed by atoms with Crippen LogP contribution in [0.5, 0.6) is 0 Å². The average Bonchev–Trinajstić information content (AvgIpc) is 2.96. The topological polar surface area (TPSA) is 69.8 Å². The van der Waals surface area contributed by atoms with Gasteiger partial charge in [-0.1, -0.05) is 31.9 Å². The van der Waals surface area contributed by atoms with Crippen molar-refractivity contribution in [2.75, 3.05) is 6.54 Å². The lowest BCUT2D eigenvalue weighted by molar-refractivity contribution is 0.221. The number of urea groups is 1. The molecule has 5 heteroatoms. The third kappa shape index (κ3) is 4.24. The highest BCUT2D eigenvalue weighted by Gasteiger charge is 2.22. The monoisotopic (exact) mass is 314 g/mol. The molecule has 0 spiro atoms. The van der Waals surface area contributed by atoms with Gasteiger partial charge in [-0.15, -0.1) is 0 Å². The van der Waals surface area contributed by atoms with Crippen LogP contribution in [0.1, 0.15) is 44.9 Å². The van der Waals surface area contributed by atoms with Gasteiger partial charge < -0.3 is 15.6 Å². The average molecular weight is 314 g/mol. The maximum atomic E-state index is 12.0. The Labute approximate surface area is 137 Å². The van der Waals surface area contributed by atoms with Crippen molar-refractivity contribution in [3.05, 3.63) is 30.1 Å². The molecule has 1 aromatic carbocycles. The zero-order valence-corrected chi connectivity index (χ0v) is 13.8. The van der Waals surface area contributed by atoms with Gasteiger partial charge in [0.15, 0.2) is 0 Å². The van der Waals surface area contributed by atoms with E-state index in [1.807, 2.05) is 24.3 Å². The summed E-state index contributed by atoms with van der Waals surface area (Å²) in [6, 6.07) is 8.33. The van der Waals surface area contributed by atoms with Gasteiger partial charge in [0.05, 0.1) is 11.0 Å². The van der Waals surface area contributed by atoms with Crippen LogP contribution in [0.2, 0.25) is 0 Å². The van der Waals surface area contributed by atoms with Gasteiger partial charge in [0.2, 0.25) is 0 Å². The van der Waals surface area contributed by atoms with Crippen LogP contribution >= 0.6 is 0 Å². The summed E-state index contributed by atoms with van der Waals surface area (Å²) in [6.45, 7) is 2.90. The lowest BCUT2D eigenvalue weighted by Crippen LogP contribution is -2.46. The molecule has 0 radical (unpaired) electrons. The molecule has 1 fully saturated rings. The number of aromatic amines is 1. The summed E-state index contributed by atoms with van der Waals surface area (Å²) >= 11 is 0. The molecule has 2 atom stereocenters. The molecule has 5 nitrogen and oxygen atoms in total. The van der Waals surface area contributed by atoms with Gasteiger partial charge >= 0.3 is 6.03 Å². The highest BCUT2D eigenvalue weighted by atomic mass is 16.2. The predicted molar refractivity (Wildman–Crippen MR) is 92.4 cm³/mol. The maximum Gasteiger partial charge on any atom is 0.315 e. The molecule has 124 valence electrons. The zero-order valence-electron chi connectivity index (χ0n) is 13.8. The van der Waals surface area contributed by atoms with Gasteiger partial charge in [-0.2, -0.15) is 0 Å². The number of hydrogen-bond donors (Lipinski definition) is 3. The fraction of sp³-hybridized carbons (Fsp3) is 0.556. The number of H-pyrrole nitrogens is 1. The van der Waals surface area contributed by atoms with Crippen molar-refractivity contribution >= 4 is 17.1 Å². The molecule has 0 bridgehead atoms. The number of amides is 2. The molecule has 1 heterocycles. The number of rotatable bonds is 5. The third-order valence-corrected chi connectivity index (χ3v) is 4.74. The second kappa shape index (κ2) is 7.49. The second-order valence-electron chi connectivity index (χ2n) is 6.57. The number of carbonyl (C=O) groups is 1. The van der Waals surface area contributed by atoms with E-state index in [1.54, 1.807) is 0 Å². The van der Waals surface area contributed by atoms with Gasteiger partial charge in [0.1, 0.15) is 5.82 Å². The van der Waals surface area contributed by atoms with Crippen LogP contribution in [-0.4, -0.2) is 28.6 Å². The molecule has 3 rings (SSSR count). The zero-order chi connectivity index (χ0) is 16.1. The number of aryl methyl sites for hydroxylation is 1. The Morgan fingerprint density at radius 1 is 1.30 bits per heavy atom. The second-order valence-corrected chi connectivity index (χ2v) is 6.57. The summed E-state index contributed by atoms with van der Waals surface area (Å²) in [5.41, 5.74) is 2.07. The van der Waals surface area contributed by atoms with Gasteiger partial charge in [0, 0.05) is 19.0 Å². The molecule has 1 aliphatic carbocycles. The van der Waals surface area contributed by atoms with Crippen molar-refractivity contribution in [1.82, 2.24) is 20.6 Å². The number of aromatic nitrogens is 2. The number of nitrogens with zero attached hydrogens (tertiary/aromatic N) is 1. The summed E-state index contributed by atoms with van der Waals surface area (Å²) in [5, 5.41) is 6.08. The Bertz CT molecular complexity index is 618. The highest BCUT2D eigenvalue weighted by Crippen LogP contribution is 2.23. The van der Waals surface area contributed by atoms with E-state index in [9.17, 15) is 4.79 Å². The van der Waals surface area contributed by atoms with E-state index in [1.165, 1.54) is 19.3 Å². The number of nitrogens with one attached hydrogen (secondary N) is 3. The van der Waals surface area contributed by atoms with Crippen LogP contribution in [-0.2, 0) is 6.42 Å². The Morgan fingerprint density at radius 2 is 2.13 bits per heavy atom. The summed E-state index contributed by atoms with van der Waals surface area (Å²) < 4.78 is 0. The highest BCUT2D eigenvalue weighted by molar-refractivity contribution is 5.75. The number of benzene rings is 1. The molecular weight excluding hydrogens is 288 g/mol. The first-order valence-electron chi connectivity index (χ1n) is 8.70. The number of carbonyl (C=O) groups excluding carboxylic acids is 1. The lowest BCUT2D eigenvalue weighted by atomic mass is 9.86. The molecule has 0 saturated heterocycles. The number of hydrogen-bond acceptors (Lipinski definition) is 2. The predicted octanol–water partition coefficient (Wildman–Crippen LogP) is 3.37. The van der Waals surface area contributed by atoms with Crippen LogP contribution in [0.4, 0.5) is 4.79 Å². The van der Waals surface area contributed by atoms with Crippen LogP contribution in [0.15, 0.2) is 24.3 Å². The Kier molecular flexibility index (Phi) is 5.16. The first-order valence-corrected chi connectivity index (χ1v) is 8.70. The lowest BCUT2D eigenvalue weighted by Gasteiger charge is -2.29.